The first-order valence-electron chi connectivity index (χ1n) is 5.07. The van der Waals surface area contributed by atoms with Gasteiger partial charge in [-0.15, -0.1) is 0 Å². The summed E-state index contributed by atoms with van der Waals surface area (Å²) in [5.74, 6) is -0.151. The molecule has 4 heteroatoms. The lowest BCUT2D eigenvalue weighted by Crippen LogP contribution is -2.24. The zero-order valence-electron chi connectivity index (χ0n) is 9.05. The number of aryl methyl sites for hydroxylation is 1. The number of aromatic nitrogens is 2. The van der Waals surface area contributed by atoms with E-state index in [1.54, 1.807) is 24.4 Å². The molecule has 2 heterocycles. The molecule has 16 heavy (non-hydrogen) atoms. The Morgan fingerprint density at radius 1 is 1.38 bits per heavy atom. The molecule has 0 aliphatic carbocycles. The van der Waals surface area contributed by atoms with Gasteiger partial charge < -0.3 is 9.88 Å². The van der Waals surface area contributed by atoms with Gasteiger partial charge in [-0.1, -0.05) is 6.07 Å². The first-order chi connectivity index (χ1) is 7.77. The van der Waals surface area contributed by atoms with Crippen molar-refractivity contribution >= 4 is 5.91 Å². The average molecular weight is 215 g/mol. The van der Waals surface area contributed by atoms with Crippen LogP contribution >= 0.6 is 0 Å². The van der Waals surface area contributed by atoms with Gasteiger partial charge in [0.2, 0.25) is 0 Å². The summed E-state index contributed by atoms with van der Waals surface area (Å²) in [4.78, 5) is 15.7. The molecule has 2 rings (SSSR count). The Balaban J connectivity index is 1.97. The maximum absolute atomic E-state index is 11.7. The second kappa shape index (κ2) is 4.61. The summed E-state index contributed by atoms with van der Waals surface area (Å²) in [7, 11) is 1.95. The van der Waals surface area contributed by atoms with E-state index in [4.69, 9.17) is 0 Å². The first kappa shape index (κ1) is 10.4. The highest BCUT2D eigenvalue weighted by molar-refractivity contribution is 5.92. The number of carbonyl (C=O) groups excluding carboxylic acids is 1. The quantitative estimate of drug-likeness (QED) is 0.840. The van der Waals surface area contributed by atoms with Crippen molar-refractivity contribution in [2.45, 2.75) is 6.54 Å². The van der Waals surface area contributed by atoms with Crippen molar-refractivity contribution in [2.24, 2.45) is 7.05 Å². The van der Waals surface area contributed by atoms with E-state index in [0.717, 1.165) is 5.69 Å². The van der Waals surface area contributed by atoms with Crippen molar-refractivity contribution in [1.82, 2.24) is 14.9 Å². The molecule has 0 aromatic carbocycles. The van der Waals surface area contributed by atoms with Gasteiger partial charge >= 0.3 is 0 Å². The van der Waals surface area contributed by atoms with E-state index in [-0.39, 0.29) is 5.91 Å². The van der Waals surface area contributed by atoms with E-state index in [2.05, 4.69) is 10.3 Å². The van der Waals surface area contributed by atoms with E-state index in [1.165, 1.54) is 0 Å². The molecule has 0 unspecified atom stereocenters. The Kier molecular flexibility index (Phi) is 3.00. The van der Waals surface area contributed by atoms with Crippen LogP contribution in [0.5, 0.6) is 0 Å². The van der Waals surface area contributed by atoms with E-state index < -0.39 is 0 Å². The van der Waals surface area contributed by atoms with Crippen LogP contribution in [-0.4, -0.2) is 15.5 Å². The lowest BCUT2D eigenvalue weighted by molar-refractivity contribution is 0.0945. The highest BCUT2D eigenvalue weighted by Crippen LogP contribution is 1.99. The zero-order valence-corrected chi connectivity index (χ0v) is 9.05. The third kappa shape index (κ3) is 2.28. The van der Waals surface area contributed by atoms with Gasteiger partial charge in [0.05, 0.1) is 6.54 Å². The minimum absolute atomic E-state index is 0.151. The third-order valence-electron chi connectivity index (χ3n) is 2.38. The van der Waals surface area contributed by atoms with Crippen LogP contribution in [0.2, 0.25) is 0 Å². The minimum atomic E-state index is -0.151. The number of hydrogen-bond donors (Lipinski definition) is 1. The van der Waals surface area contributed by atoms with Crippen molar-refractivity contribution < 1.29 is 4.79 Å². The molecule has 1 amide bonds. The van der Waals surface area contributed by atoms with Crippen LogP contribution in [0.25, 0.3) is 0 Å². The molecule has 4 nitrogen and oxygen atoms in total. The Morgan fingerprint density at radius 2 is 2.25 bits per heavy atom. The molecule has 0 saturated heterocycles. The van der Waals surface area contributed by atoms with Crippen molar-refractivity contribution in [3.8, 4) is 0 Å². The number of nitrogens with one attached hydrogen (secondary N) is 1. The fourth-order valence-electron chi connectivity index (χ4n) is 1.44. The van der Waals surface area contributed by atoms with Gasteiger partial charge in [-0.3, -0.25) is 9.78 Å². The van der Waals surface area contributed by atoms with Crippen molar-refractivity contribution in [1.29, 1.82) is 0 Å². The Morgan fingerprint density at radius 3 is 2.88 bits per heavy atom. The number of pyridine rings is 1. The predicted molar refractivity (Wildman–Crippen MR) is 60.8 cm³/mol. The van der Waals surface area contributed by atoms with Gasteiger partial charge in [-0.25, -0.2) is 0 Å². The second-order valence-electron chi connectivity index (χ2n) is 3.51. The molecule has 0 bridgehead atoms. The largest absolute Gasteiger partial charge is 0.353 e. The molecule has 0 fully saturated rings. The van der Waals surface area contributed by atoms with Crippen LogP contribution in [-0.2, 0) is 13.6 Å². The summed E-state index contributed by atoms with van der Waals surface area (Å²) in [5.41, 5.74) is 1.50. The molecular weight excluding hydrogens is 202 g/mol. The Bertz CT molecular complexity index is 476. The second-order valence-corrected chi connectivity index (χ2v) is 3.51. The molecule has 0 spiro atoms. The monoisotopic (exact) mass is 215 g/mol. The van der Waals surface area contributed by atoms with Crippen LogP contribution in [0, 0.1) is 0 Å². The zero-order chi connectivity index (χ0) is 11.4. The molecule has 1 N–H and O–H groups in total. The SMILES string of the molecule is Cn1cccc1CNC(=O)c1ccccn1. The maximum Gasteiger partial charge on any atom is 0.270 e. The topological polar surface area (TPSA) is 46.9 Å². The average Bonchev–Trinajstić information content (AvgIpc) is 2.73. The van der Waals surface area contributed by atoms with E-state index in [0.29, 0.717) is 12.2 Å². The molecule has 2 aromatic rings. The molecule has 2 aromatic heterocycles. The van der Waals surface area contributed by atoms with Gasteiger partial charge in [0, 0.05) is 25.1 Å². The highest BCUT2D eigenvalue weighted by Gasteiger charge is 2.06. The predicted octanol–water partition coefficient (Wildman–Crippen LogP) is 1.35. The standard InChI is InChI=1S/C12H13N3O/c1-15-8-4-5-10(15)9-14-12(16)11-6-2-3-7-13-11/h2-8H,9H2,1H3,(H,14,16). The fourth-order valence-corrected chi connectivity index (χ4v) is 1.44. The maximum atomic E-state index is 11.7. The summed E-state index contributed by atoms with van der Waals surface area (Å²) in [6.45, 7) is 0.513. The van der Waals surface area contributed by atoms with Crippen LogP contribution in [0.15, 0.2) is 42.7 Å². The number of nitrogens with zero attached hydrogens (tertiary/aromatic N) is 2. The molecular formula is C12H13N3O. The number of amides is 1. The smallest absolute Gasteiger partial charge is 0.270 e. The summed E-state index contributed by atoms with van der Waals surface area (Å²) >= 11 is 0. The van der Waals surface area contributed by atoms with E-state index in [9.17, 15) is 4.79 Å². The molecule has 0 aliphatic rings. The van der Waals surface area contributed by atoms with Gasteiger partial charge in [-0.05, 0) is 24.3 Å². The summed E-state index contributed by atoms with van der Waals surface area (Å²) in [6.07, 6.45) is 3.56. The van der Waals surface area contributed by atoms with E-state index >= 15 is 0 Å². The lowest BCUT2D eigenvalue weighted by Gasteiger charge is -2.05. The number of rotatable bonds is 3. The van der Waals surface area contributed by atoms with Crippen molar-refractivity contribution in [2.75, 3.05) is 0 Å². The highest BCUT2D eigenvalue weighted by atomic mass is 16.1. The molecule has 0 radical (unpaired) electrons. The minimum Gasteiger partial charge on any atom is -0.353 e. The fraction of sp³-hybridized carbons (Fsp3) is 0.167. The first-order valence-corrected chi connectivity index (χ1v) is 5.07. The third-order valence-corrected chi connectivity index (χ3v) is 2.38. The van der Waals surface area contributed by atoms with Crippen LogP contribution < -0.4 is 5.32 Å². The molecule has 0 saturated carbocycles. The lowest BCUT2D eigenvalue weighted by atomic mass is 10.3. The molecule has 0 atom stereocenters. The van der Waals surface area contributed by atoms with E-state index in [1.807, 2.05) is 29.9 Å². The van der Waals surface area contributed by atoms with Crippen LogP contribution in [0.3, 0.4) is 0 Å². The van der Waals surface area contributed by atoms with Gasteiger partial charge in [0.25, 0.3) is 5.91 Å². The summed E-state index contributed by atoms with van der Waals surface area (Å²) in [6, 6.07) is 9.19. The number of hydrogen-bond acceptors (Lipinski definition) is 2. The van der Waals surface area contributed by atoms with Crippen molar-refractivity contribution in [3.05, 3.63) is 54.1 Å². The van der Waals surface area contributed by atoms with Gasteiger partial charge in [0.15, 0.2) is 0 Å². The molecule has 82 valence electrons. The van der Waals surface area contributed by atoms with Crippen molar-refractivity contribution in [3.63, 3.8) is 0 Å². The van der Waals surface area contributed by atoms with Crippen LogP contribution in [0.1, 0.15) is 16.2 Å². The van der Waals surface area contributed by atoms with Gasteiger partial charge in [0.1, 0.15) is 5.69 Å². The summed E-state index contributed by atoms with van der Waals surface area (Å²) < 4.78 is 1.97. The Labute approximate surface area is 93.9 Å². The van der Waals surface area contributed by atoms with Gasteiger partial charge in [-0.2, -0.15) is 0 Å². The Hall–Kier alpha value is -2.10. The van der Waals surface area contributed by atoms with Crippen LogP contribution in [0.4, 0.5) is 0 Å². The normalized spacial score (nSPS) is 10.1. The number of carbonyl (C=O) groups is 1. The molecule has 0 aliphatic heterocycles. The summed E-state index contributed by atoms with van der Waals surface area (Å²) in [5, 5.41) is 2.82.